The number of hydrogen-bond acceptors (Lipinski definition) is 1. The summed E-state index contributed by atoms with van der Waals surface area (Å²) in [6.45, 7) is 5.15. The van der Waals surface area contributed by atoms with Crippen LogP contribution in [-0.4, -0.2) is 12.6 Å². The van der Waals surface area contributed by atoms with Gasteiger partial charge in [-0.05, 0) is 37.9 Å². The molecule has 0 bridgehead atoms. The summed E-state index contributed by atoms with van der Waals surface area (Å²) in [5.41, 5.74) is 0.890. The fraction of sp³-hybridized carbons (Fsp3) is 0.500. The summed E-state index contributed by atoms with van der Waals surface area (Å²) in [4.78, 5) is 0. The molecule has 0 aliphatic heterocycles. The Kier molecular flexibility index (Phi) is 5.06. The molecule has 0 aliphatic rings. The van der Waals surface area contributed by atoms with E-state index in [-0.39, 0.29) is 10.8 Å². The van der Waals surface area contributed by atoms with E-state index in [1.807, 2.05) is 6.07 Å². The fourth-order valence-corrected chi connectivity index (χ4v) is 1.78. The van der Waals surface area contributed by atoms with Gasteiger partial charge in [0, 0.05) is 6.04 Å². The monoisotopic (exact) mass is 229 g/mol. The van der Waals surface area contributed by atoms with Crippen molar-refractivity contribution in [1.82, 2.24) is 5.32 Å². The zero-order valence-electron chi connectivity index (χ0n) is 9.19. The molecule has 1 aromatic carbocycles. The average molecular weight is 230 g/mol. The van der Waals surface area contributed by atoms with Crippen LogP contribution in [0.1, 0.15) is 25.8 Å². The highest BCUT2D eigenvalue weighted by Gasteiger charge is 2.07. The van der Waals surface area contributed by atoms with Crippen LogP contribution in [0.4, 0.5) is 4.39 Å². The molecule has 0 radical (unpaired) electrons. The summed E-state index contributed by atoms with van der Waals surface area (Å²) in [6.07, 6.45) is 1.78. The first kappa shape index (κ1) is 12.5. The maximum Gasteiger partial charge on any atom is 0.142 e. The molecular weight excluding hydrogens is 213 g/mol. The zero-order valence-corrected chi connectivity index (χ0v) is 9.94. The van der Waals surface area contributed by atoms with Crippen molar-refractivity contribution in [3.8, 4) is 0 Å². The third-order valence-electron chi connectivity index (χ3n) is 2.43. The lowest BCUT2D eigenvalue weighted by Gasteiger charge is -2.12. The molecule has 1 rings (SSSR count). The summed E-state index contributed by atoms with van der Waals surface area (Å²) in [6, 6.07) is 5.41. The van der Waals surface area contributed by atoms with Gasteiger partial charge >= 0.3 is 0 Å². The molecule has 1 N–H and O–H groups in total. The van der Waals surface area contributed by atoms with Crippen molar-refractivity contribution in [2.24, 2.45) is 0 Å². The van der Waals surface area contributed by atoms with Gasteiger partial charge in [-0.2, -0.15) is 0 Å². The summed E-state index contributed by atoms with van der Waals surface area (Å²) < 4.78 is 13.1. The number of hydrogen-bond donors (Lipinski definition) is 1. The smallest absolute Gasteiger partial charge is 0.142 e. The third kappa shape index (κ3) is 3.80. The Labute approximate surface area is 95.6 Å². The van der Waals surface area contributed by atoms with Gasteiger partial charge < -0.3 is 5.32 Å². The van der Waals surface area contributed by atoms with E-state index in [0.29, 0.717) is 6.04 Å². The molecule has 1 aromatic rings. The van der Waals surface area contributed by atoms with Crippen LogP contribution >= 0.6 is 11.6 Å². The predicted molar refractivity (Wildman–Crippen MR) is 62.9 cm³/mol. The largest absolute Gasteiger partial charge is 0.315 e. The molecule has 0 saturated carbocycles. The van der Waals surface area contributed by atoms with Crippen molar-refractivity contribution in [2.45, 2.75) is 32.7 Å². The SMILES string of the molecule is CCNC(C)CCc1cccc(F)c1Cl. The molecule has 1 unspecified atom stereocenters. The maximum absolute atomic E-state index is 13.1. The van der Waals surface area contributed by atoms with Crippen molar-refractivity contribution in [3.63, 3.8) is 0 Å². The molecule has 0 spiro atoms. The molecule has 1 nitrogen and oxygen atoms in total. The topological polar surface area (TPSA) is 12.0 Å². The van der Waals surface area contributed by atoms with E-state index < -0.39 is 0 Å². The normalized spacial score (nSPS) is 12.8. The van der Waals surface area contributed by atoms with Gasteiger partial charge in [-0.1, -0.05) is 30.7 Å². The van der Waals surface area contributed by atoms with Gasteiger partial charge in [-0.25, -0.2) is 4.39 Å². The number of aryl methyl sites for hydroxylation is 1. The minimum atomic E-state index is -0.328. The highest BCUT2D eigenvalue weighted by molar-refractivity contribution is 6.31. The zero-order chi connectivity index (χ0) is 11.3. The standard InChI is InChI=1S/C12H17ClFN/c1-3-15-9(2)7-8-10-5-4-6-11(14)12(10)13/h4-6,9,15H,3,7-8H2,1-2H3. The number of rotatable bonds is 5. The Morgan fingerprint density at radius 2 is 2.20 bits per heavy atom. The summed E-state index contributed by atoms with van der Waals surface area (Å²) in [7, 11) is 0. The fourth-order valence-electron chi connectivity index (χ4n) is 1.56. The third-order valence-corrected chi connectivity index (χ3v) is 2.85. The van der Waals surface area contributed by atoms with Crippen molar-refractivity contribution in [1.29, 1.82) is 0 Å². The molecule has 0 heterocycles. The van der Waals surface area contributed by atoms with Crippen molar-refractivity contribution >= 4 is 11.6 Å². The van der Waals surface area contributed by atoms with Gasteiger partial charge in [0.15, 0.2) is 0 Å². The summed E-state index contributed by atoms with van der Waals surface area (Å²) in [5.74, 6) is -0.328. The molecule has 0 aliphatic carbocycles. The minimum Gasteiger partial charge on any atom is -0.315 e. The Bertz CT molecular complexity index is 314. The van der Waals surface area contributed by atoms with E-state index in [9.17, 15) is 4.39 Å². The number of nitrogens with one attached hydrogen (secondary N) is 1. The van der Waals surface area contributed by atoms with E-state index in [1.165, 1.54) is 6.07 Å². The van der Waals surface area contributed by atoms with Crippen LogP contribution in [0, 0.1) is 5.82 Å². The lowest BCUT2D eigenvalue weighted by atomic mass is 10.1. The van der Waals surface area contributed by atoms with Crippen molar-refractivity contribution < 1.29 is 4.39 Å². The number of benzene rings is 1. The Hall–Kier alpha value is -0.600. The van der Waals surface area contributed by atoms with Gasteiger partial charge in [0.05, 0.1) is 5.02 Å². The van der Waals surface area contributed by atoms with E-state index >= 15 is 0 Å². The first-order chi connectivity index (χ1) is 7.15. The molecule has 0 fully saturated rings. The van der Waals surface area contributed by atoms with E-state index in [4.69, 9.17) is 11.6 Å². The van der Waals surface area contributed by atoms with Gasteiger partial charge in [0.2, 0.25) is 0 Å². The molecule has 0 aromatic heterocycles. The minimum absolute atomic E-state index is 0.265. The van der Waals surface area contributed by atoms with Gasteiger partial charge in [-0.15, -0.1) is 0 Å². The van der Waals surface area contributed by atoms with Crippen LogP contribution in [0.2, 0.25) is 5.02 Å². The van der Waals surface area contributed by atoms with Crippen LogP contribution < -0.4 is 5.32 Å². The van der Waals surface area contributed by atoms with Crippen molar-refractivity contribution in [3.05, 3.63) is 34.6 Å². The van der Waals surface area contributed by atoms with Gasteiger partial charge in [0.1, 0.15) is 5.82 Å². The second kappa shape index (κ2) is 6.09. The first-order valence-electron chi connectivity index (χ1n) is 5.31. The average Bonchev–Trinajstić information content (AvgIpc) is 2.21. The maximum atomic E-state index is 13.1. The highest BCUT2D eigenvalue weighted by atomic mass is 35.5. The second-order valence-electron chi connectivity index (χ2n) is 3.71. The van der Waals surface area contributed by atoms with E-state index in [0.717, 1.165) is 24.9 Å². The Balaban J connectivity index is 2.54. The molecule has 0 amide bonds. The summed E-state index contributed by atoms with van der Waals surface area (Å²) >= 11 is 5.86. The van der Waals surface area contributed by atoms with Crippen LogP contribution in [0.3, 0.4) is 0 Å². The lowest BCUT2D eigenvalue weighted by Crippen LogP contribution is -2.25. The predicted octanol–water partition coefficient (Wildman–Crippen LogP) is 3.41. The van der Waals surface area contributed by atoms with Crippen LogP contribution in [0.15, 0.2) is 18.2 Å². The van der Waals surface area contributed by atoms with Crippen LogP contribution in [0.25, 0.3) is 0 Å². The summed E-state index contributed by atoms with van der Waals surface area (Å²) in [5, 5.41) is 3.58. The molecule has 3 heteroatoms. The Morgan fingerprint density at radius 1 is 1.47 bits per heavy atom. The van der Waals surface area contributed by atoms with E-state index in [2.05, 4.69) is 19.2 Å². The number of halogens is 2. The van der Waals surface area contributed by atoms with Crippen molar-refractivity contribution in [2.75, 3.05) is 6.54 Å². The Morgan fingerprint density at radius 3 is 2.87 bits per heavy atom. The first-order valence-corrected chi connectivity index (χ1v) is 5.69. The molecular formula is C12H17ClFN. The molecule has 0 saturated heterocycles. The van der Waals surface area contributed by atoms with E-state index in [1.54, 1.807) is 6.07 Å². The van der Waals surface area contributed by atoms with Crippen LogP contribution in [-0.2, 0) is 6.42 Å². The second-order valence-corrected chi connectivity index (χ2v) is 4.09. The molecule has 84 valence electrons. The molecule has 15 heavy (non-hydrogen) atoms. The molecule has 1 atom stereocenters. The quantitative estimate of drug-likeness (QED) is 0.816. The van der Waals surface area contributed by atoms with Gasteiger partial charge in [0.25, 0.3) is 0 Å². The highest BCUT2D eigenvalue weighted by Crippen LogP contribution is 2.21. The van der Waals surface area contributed by atoms with Crippen LogP contribution in [0.5, 0.6) is 0 Å². The lowest BCUT2D eigenvalue weighted by molar-refractivity contribution is 0.529. The van der Waals surface area contributed by atoms with Gasteiger partial charge in [-0.3, -0.25) is 0 Å².